The lowest BCUT2D eigenvalue weighted by molar-refractivity contribution is 0.0917. The summed E-state index contributed by atoms with van der Waals surface area (Å²) in [6.07, 6.45) is 3.91. The standard InChI is InChI=1S/C27H22F2N2O2/c28-18-7-8-23-20(11-18)26(32)21-12-19(29)13-22(25(21)30-23)27(33)31-24-16-5-6-17(24)10-15-4-2-1-3-14(15)9-16/h1-4,7-8,11-13,16-17,24H,5-6,9-10H2,(H,30,32)(H,31,33). The molecule has 6 rings (SSSR count). The maximum absolute atomic E-state index is 14.5. The van der Waals surface area contributed by atoms with Crippen LogP contribution in [0.2, 0.25) is 0 Å². The fourth-order valence-electron chi connectivity index (χ4n) is 5.81. The molecule has 2 aliphatic carbocycles. The van der Waals surface area contributed by atoms with Crippen molar-refractivity contribution in [3.8, 4) is 0 Å². The second kappa shape index (κ2) is 7.51. The van der Waals surface area contributed by atoms with E-state index in [4.69, 9.17) is 0 Å². The van der Waals surface area contributed by atoms with E-state index in [1.807, 2.05) is 0 Å². The monoisotopic (exact) mass is 444 g/mol. The Bertz CT molecular complexity index is 1460. The van der Waals surface area contributed by atoms with Gasteiger partial charge < -0.3 is 10.3 Å². The maximum atomic E-state index is 14.5. The first kappa shape index (κ1) is 20.1. The minimum absolute atomic E-state index is 0.00973. The van der Waals surface area contributed by atoms with Gasteiger partial charge in [0, 0.05) is 22.3 Å². The Morgan fingerprint density at radius 3 is 2.24 bits per heavy atom. The van der Waals surface area contributed by atoms with Crippen molar-refractivity contribution < 1.29 is 13.6 Å². The number of rotatable bonds is 2. The molecule has 1 heterocycles. The summed E-state index contributed by atoms with van der Waals surface area (Å²) >= 11 is 0. The molecule has 33 heavy (non-hydrogen) atoms. The number of benzene rings is 3. The summed E-state index contributed by atoms with van der Waals surface area (Å²) < 4.78 is 28.2. The molecule has 0 radical (unpaired) electrons. The summed E-state index contributed by atoms with van der Waals surface area (Å²) in [5, 5.41) is 3.34. The van der Waals surface area contributed by atoms with Crippen LogP contribution in [0.1, 0.15) is 34.3 Å². The van der Waals surface area contributed by atoms with Gasteiger partial charge in [-0.2, -0.15) is 0 Å². The molecule has 2 N–H and O–H groups in total. The van der Waals surface area contributed by atoms with E-state index in [9.17, 15) is 18.4 Å². The lowest BCUT2D eigenvalue weighted by atomic mass is 9.94. The van der Waals surface area contributed by atoms with Crippen LogP contribution in [-0.4, -0.2) is 16.9 Å². The predicted octanol–water partition coefficient (Wildman–Crippen LogP) is 4.88. The third-order valence-corrected chi connectivity index (χ3v) is 7.38. The Labute approximate surface area is 188 Å². The van der Waals surface area contributed by atoms with Crippen LogP contribution in [-0.2, 0) is 12.8 Å². The van der Waals surface area contributed by atoms with Crippen LogP contribution in [0, 0.1) is 23.5 Å². The van der Waals surface area contributed by atoms with Crippen LogP contribution in [0.4, 0.5) is 8.78 Å². The number of pyridine rings is 1. The van der Waals surface area contributed by atoms with Gasteiger partial charge in [0.05, 0.1) is 11.1 Å². The van der Waals surface area contributed by atoms with E-state index >= 15 is 0 Å². The fourth-order valence-corrected chi connectivity index (χ4v) is 5.81. The van der Waals surface area contributed by atoms with Gasteiger partial charge in [-0.1, -0.05) is 24.3 Å². The Balaban J connectivity index is 1.40. The van der Waals surface area contributed by atoms with Gasteiger partial charge >= 0.3 is 0 Å². The van der Waals surface area contributed by atoms with E-state index in [0.717, 1.165) is 43.9 Å². The van der Waals surface area contributed by atoms with E-state index in [1.54, 1.807) is 0 Å². The summed E-state index contributed by atoms with van der Waals surface area (Å²) in [7, 11) is 0. The number of carbonyl (C=O) groups is 1. The van der Waals surface area contributed by atoms with Crippen LogP contribution >= 0.6 is 0 Å². The van der Waals surface area contributed by atoms with Gasteiger partial charge in [0.15, 0.2) is 5.43 Å². The Kier molecular flexibility index (Phi) is 4.57. The molecule has 2 unspecified atom stereocenters. The Morgan fingerprint density at radius 2 is 1.55 bits per heavy atom. The van der Waals surface area contributed by atoms with Crippen LogP contribution in [0.15, 0.2) is 59.4 Å². The SMILES string of the molecule is O=C(NC1C2CCC1Cc1ccccc1C2)c1cc(F)cc2c(=O)c3cc(F)ccc3[nH]c12. The van der Waals surface area contributed by atoms with Gasteiger partial charge in [0.1, 0.15) is 11.6 Å². The highest BCUT2D eigenvalue weighted by Gasteiger charge is 2.40. The van der Waals surface area contributed by atoms with Crippen LogP contribution < -0.4 is 10.7 Å². The number of hydrogen-bond donors (Lipinski definition) is 2. The highest BCUT2D eigenvalue weighted by molar-refractivity contribution is 6.07. The molecule has 4 nitrogen and oxygen atoms in total. The highest BCUT2D eigenvalue weighted by atomic mass is 19.1. The molecule has 3 aromatic carbocycles. The molecule has 6 heteroatoms. The number of fused-ring (bicyclic) bond motifs is 5. The van der Waals surface area contributed by atoms with Gasteiger partial charge in [-0.25, -0.2) is 8.78 Å². The van der Waals surface area contributed by atoms with E-state index in [2.05, 4.69) is 34.6 Å². The van der Waals surface area contributed by atoms with Crippen molar-refractivity contribution in [2.75, 3.05) is 0 Å². The van der Waals surface area contributed by atoms with Crippen molar-refractivity contribution in [3.63, 3.8) is 0 Å². The zero-order valence-corrected chi connectivity index (χ0v) is 17.8. The minimum Gasteiger partial charge on any atom is -0.354 e. The zero-order chi connectivity index (χ0) is 22.7. The quantitative estimate of drug-likeness (QED) is 0.433. The average molecular weight is 444 g/mol. The van der Waals surface area contributed by atoms with E-state index < -0.39 is 23.0 Å². The minimum atomic E-state index is -0.676. The fraction of sp³-hybridized carbons (Fsp3) is 0.259. The average Bonchev–Trinajstić information content (AvgIpc) is 3.07. The number of hydrogen-bond acceptors (Lipinski definition) is 2. The number of aromatic amines is 1. The second-order valence-corrected chi connectivity index (χ2v) is 9.29. The normalized spacial score (nSPS) is 21.7. The summed E-state index contributed by atoms with van der Waals surface area (Å²) in [6, 6.07) is 14.5. The number of amides is 1. The molecule has 0 saturated heterocycles. The van der Waals surface area contributed by atoms with Crippen LogP contribution in [0.5, 0.6) is 0 Å². The molecule has 1 amide bonds. The molecule has 2 atom stereocenters. The topological polar surface area (TPSA) is 62.0 Å². The van der Waals surface area contributed by atoms with Crippen molar-refractivity contribution in [1.82, 2.24) is 10.3 Å². The molecule has 166 valence electrons. The first-order chi connectivity index (χ1) is 16.0. The number of carbonyl (C=O) groups excluding carboxylic acids is 1. The number of nitrogens with one attached hydrogen (secondary N) is 2. The van der Waals surface area contributed by atoms with Gasteiger partial charge in [-0.15, -0.1) is 0 Å². The summed E-state index contributed by atoms with van der Waals surface area (Å²) in [5.41, 5.74) is 2.93. The third kappa shape index (κ3) is 3.32. The Morgan fingerprint density at radius 1 is 0.879 bits per heavy atom. The van der Waals surface area contributed by atoms with Gasteiger partial charge in [-0.3, -0.25) is 9.59 Å². The van der Waals surface area contributed by atoms with Crippen molar-refractivity contribution >= 4 is 27.7 Å². The first-order valence-corrected chi connectivity index (χ1v) is 11.3. The molecule has 4 aromatic rings. The molecular weight excluding hydrogens is 422 g/mol. The molecule has 0 aliphatic heterocycles. The van der Waals surface area contributed by atoms with Gasteiger partial charge in [-0.05, 0) is 79.0 Å². The smallest absolute Gasteiger partial charge is 0.253 e. The molecule has 2 bridgehead atoms. The van der Waals surface area contributed by atoms with Crippen molar-refractivity contribution in [1.29, 1.82) is 0 Å². The van der Waals surface area contributed by atoms with Crippen molar-refractivity contribution in [2.24, 2.45) is 11.8 Å². The lowest BCUT2D eigenvalue weighted by Gasteiger charge is -2.24. The van der Waals surface area contributed by atoms with Crippen molar-refractivity contribution in [2.45, 2.75) is 31.7 Å². The molecule has 1 aromatic heterocycles. The van der Waals surface area contributed by atoms with E-state index in [-0.39, 0.29) is 27.9 Å². The maximum Gasteiger partial charge on any atom is 0.253 e. The molecule has 1 fully saturated rings. The molecule has 0 spiro atoms. The van der Waals surface area contributed by atoms with Crippen LogP contribution in [0.3, 0.4) is 0 Å². The summed E-state index contributed by atoms with van der Waals surface area (Å²) in [5.74, 6) is -0.975. The van der Waals surface area contributed by atoms with Gasteiger partial charge in [0.25, 0.3) is 5.91 Å². The van der Waals surface area contributed by atoms with E-state index in [0.29, 0.717) is 17.4 Å². The number of H-pyrrole nitrogens is 1. The first-order valence-electron chi connectivity index (χ1n) is 11.3. The van der Waals surface area contributed by atoms with Crippen LogP contribution in [0.25, 0.3) is 21.8 Å². The molecule has 2 aliphatic rings. The van der Waals surface area contributed by atoms with Gasteiger partial charge in [0.2, 0.25) is 0 Å². The highest BCUT2D eigenvalue weighted by Crippen LogP contribution is 2.40. The van der Waals surface area contributed by atoms with E-state index in [1.165, 1.54) is 23.3 Å². The lowest BCUT2D eigenvalue weighted by Crippen LogP contribution is -2.42. The number of aromatic nitrogens is 1. The Hall–Kier alpha value is -3.54. The largest absolute Gasteiger partial charge is 0.354 e. The summed E-state index contributed by atoms with van der Waals surface area (Å²) in [4.78, 5) is 29.4. The predicted molar refractivity (Wildman–Crippen MR) is 123 cm³/mol. The second-order valence-electron chi connectivity index (χ2n) is 9.29. The zero-order valence-electron chi connectivity index (χ0n) is 17.8. The summed E-state index contributed by atoms with van der Waals surface area (Å²) in [6.45, 7) is 0. The van der Waals surface area contributed by atoms with Crippen molar-refractivity contribution in [3.05, 3.63) is 93.1 Å². The molecular formula is C27H22F2N2O2. The third-order valence-electron chi connectivity index (χ3n) is 7.38. The molecule has 1 saturated carbocycles. The number of halogens is 2.